The molecule has 0 bridgehead atoms. The molecule has 15 nitrogen and oxygen atoms in total. The first-order valence-corrected chi connectivity index (χ1v) is 31.8. The molecule has 18 unspecified atom stereocenters. The van der Waals surface area contributed by atoms with Crippen LogP contribution >= 0.6 is 0 Å². The number of aliphatic hydroxyl groups excluding tert-OH is 2. The van der Waals surface area contributed by atoms with Crippen LogP contribution in [0.2, 0.25) is 0 Å². The second kappa shape index (κ2) is 28.1. The van der Waals surface area contributed by atoms with E-state index < -0.39 is 43.7 Å². The highest BCUT2D eigenvalue weighted by atomic mass is 16.8. The molecular weight excluding hydrogens is 997 g/mol. The quantitative estimate of drug-likeness (QED) is 0.126. The Kier molecular flexibility index (Phi) is 23.4. The molecule has 7 aliphatic rings. The van der Waals surface area contributed by atoms with Gasteiger partial charge in [-0.15, -0.1) is 0 Å². The number of hydrogen-bond donors (Lipinski definition) is 2. The van der Waals surface area contributed by atoms with Crippen LogP contribution in [-0.2, 0) is 61.6 Å². The maximum Gasteiger partial charge on any atom is 0.161 e. The van der Waals surface area contributed by atoms with Crippen molar-refractivity contribution in [1.82, 2.24) is 0 Å². The summed E-state index contributed by atoms with van der Waals surface area (Å²) in [4.78, 5) is 0. The molecule has 7 rings (SSSR count). The average Bonchev–Trinajstić information content (AvgIpc) is 3.45. The number of ether oxygens (including phenoxy) is 13. The molecule has 0 saturated carbocycles. The normalized spacial score (nSPS) is 53.5. The lowest BCUT2D eigenvalue weighted by Crippen LogP contribution is -2.60. The van der Waals surface area contributed by atoms with Crippen LogP contribution in [0.4, 0.5) is 0 Å². The summed E-state index contributed by atoms with van der Waals surface area (Å²) in [6.45, 7) is 46.1. The van der Waals surface area contributed by atoms with Gasteiger partial charge >= 0.3 is 0 Å². The zero-order valence-corrected chi connectivity index (χ0v) is 52.4. The second-order valence-electron chi connectivity index (χ2n) is 26.4. The van der Waals surface area contributed by atoms with E-state index in [-0.39, 0.29) is 157 Å². The fraction of sp³-hybridized carbons (Fsp3) is 1.00. The third-order valence-electron chi connectivity index (χ3n) is 22.1. The van der Waals surface area contributed by atoms with E-state index in [2.05, 4.69) is 132 Å². The van der Waals surface area contributed by atoms with Gasteiger partial charge in [-0.2, -0.15) is 0 Å². The molecule has 0 aromatic rings. The monoisotopic (exact) mass is 1110 g/mol. The summed E-state index contributed by atoms with van der Waals surface area (Å²) in [6.07, 6.45) is -1.22. The number of rotatable bonds is 19. The third kappa shape index (κ3) is 13.3. The first-order chi connectivity index (χ1) is 37.0. The van der Waals surface area contributed by atoms with Gasteiger partial charge in [0.15, 0.2) is 44.0 Å². The minimum atomic E-state index is -0.947. The number of hydrogen-bond acceptors (Lipinski definition) is 15. The van der Waals surface area contributed by atoms with Crippen molar-refractivity contribution in [3.05, 3.63) is 0 Å². The van der Waals surface area contributed by atoms with E-state index in [1.807, 2.05) is 13.8 Å². The van der Waals surface area contributed by atoms with Crippen LogP contribution in [0, 0.1) is 88.8 Å². The molecule has 15 heteroatoms. The van der Waals surface area contributed by atoms with Crippen LogP contribution in [0.1, 0.15) is 184 Å². The number of aliphatic hydroxyl groups is 2. The van der Waals surface area contributed by atoms with Crippen molar-refractivity contribution < 1.29 is 71.8 Å². The Balaban J connectivity index is 0.947. The SMILES string of the molecule is CCC1O[C@H](O[C@H]2C(CC)O[C@@H](O[C@H]3C(CC)O[C@@H](O[C@@H]4C(CO)OC(O)C(C)C4C)C(C)[C@H]3C)C(C)[C@H]2C)C(C)C(C)[C@@H]1O[C@H]1OC(CC)[C@@H](O[C@@H]2OC(CC)[C@H](O[C@@H]3OC(CC)[C@H](C)[C@H](C)C3C)[C@H](C)C2C)C(C)C1C. The van der Waals surface area contributed by atoms with Gasteiger partial charge in [-0.05, 0) is 85.9 Å². The Hall–Kier alpha value is -0.600. The van der Waals surface area contributed by atoms with Crippen LogP contribution in [0.25, 0.3) is 0 Å². The van der Waals surface area contributed by atoms with Gasteiger partial charge in [0.25, 0.3) is 0 Å². The van der Waals surface area contributed by atoms with Gasteiger partial charge in [-0.1, -0.05) is 145 Å². The third-order valence-corrected chi connectivity index (χ3v) is 22.1. The van der Waals surface area contributed by atoms with Gasteiger partial charge in [0, 0.05) is 41.4 Å². The van der Waals surface area contributed by atoms with Crippen molar-refractivity contribution in [3.63, 3.8) is 0 Å². The lowest BCUT2D eigenvalue weighted by atomic mass is 9.78. The van der Waals surface area contributed by atoms with Gasteiger partial charge in [-0.25, -0.2) is 0 Å². The van der Waals surface area contributed by atoms with Crippen molar-refractivity contribution in [3.8, 4) is 0 Å². The van der Waals surface area contributed by atoms with E-state index >= 15 is 0 Å². The van der Waals surface area contributed by atoms with Crippen LogP contribution in [0.15, 0.2) is 0 Å². The van der Waals surface area contributed by atoms with E-state index in [4.69, 9.17) is 61.6 Å². The Bertz CT molecular complexity index is 1780. The van der Waals surface area contributed by atoms with Gasteiger partial charge < -0.3 is 71.8 Å². The molecule has 0 aliphatic carbocycles. The van der Waals surface area contributed by atoms with Crippen LogP contribution < -0.4 is 0 Å². The summed E-state index contributed by atoms with van der Waals surface area (Å²) in [6, 6.07) is 0. The maximum absolute atomic E-state index is 10.5. The summed E-state index contributed by atoms with van der Waals surface area (Å²) >= 11 is 0. The summed E-state index contributed by atoms with van der Waals surface area (Å²) in [5.41, 5.74) is 0. The zero-order chi connectivity index (χ0) is 57.3. The molecule has 78 heavy (non-hydrogen) atoms. The standard InChI is InChI=1S/C63H114O15/c1-22-44-30(8)29(7)38(16)58(67-44)73-51-32(10)39(17)59(68-45(51)23-2)74-52-33(11)40(18)60(69-46(52)24-3)75-53-34(12)41(19)61(70-47(53)25-4)76-54-35(13)42(20)62(71-48(54)26-5)77-55-36(14)43(21)63(72-49(55)27-6)78-56-31(9)37(15)57(65)66-50(56)28-64/h29-65H,22-28H2,1-21H3/t29-,30+,31?,32+,33?,34?,35+,36+,37?,38?,39?,40?,41?,42?,43?,44?,45?,46?,47?,48?,49?,50?,51+,52-,53-,54+,55+,56-,57?,58-,59-,60+,61+,62-,63-/m0/s1. The fourth-order valence-electron chi connectivity index (χ4n) is 14.5. The highest BCUT2D eigenvalue weighted by molar-refractivity contribution is 4.96. The predicted octanol–water partition coefficient (Wildman–Crippen LogP) is 11.4. The lowest BCUT2D eigenvalue weighted by Gasteiger charge is -2.52. The predicted molar refractivity (Wildman–Crippen MR) is 298 cm³/mol. The molecule has 0 amide bonds. The van der Waals surface area contributed by atoms with Crippen molar-refractivity contribution in [2.45, 2.75) is 307 Å². The maximum atomic E-state index is 10.5. The van der Waals surface area contributed by atoms with Crippen molar-refractivity contribution in [2.75, 3.05) is 6.61 Å². The van der Waals surface area contributed by atoms with Crippen molar-refractivity contribution >= 4 is 0 Å². The Labute approximate surface area is 472 Å². The molecule has 7 heterocycles. The Morgan fingerprint density at radius 2 is 0.449 bits per heavy atom. The largest absolute Gasteiger partial charge is 0.394 e. The summed E-state index contributed by atoms with van der Waals surface area (Å²) < 4.78 is 89.2. The van der Waals surface area contributed by atoms with Crippen molar-refractivity contribution in [2.24, 2.45) is 88.8 Å². The molecule has 0 spiro atoms. The van der Waals surface area contributed by atoms with Crippen molar-refractivity contribution in [1.29, 1.82) is 0 Å². The highest BCUT2D eigenvalue weighted by Gasteiger charge is 2.55. The van der Waals surface area contributed by atoms with Crippen LogP contribution in [0.3, 0.4) is 0 Å². The molecule has 35 atom stereocenters. The molecule has 456 valence electrons. The van der Waals surface area contributed by atoms with Gasteiger partial charge in [0.1, 0.15) is 6.10 Å². The smallest absolute Gasteiger partial charge is 0.161 e. The van der Waals surface area contributed by atoms with E-state index in [9.17, 15) is 10.2 Å². The summed E-state index contributed by atoms with van der Waals surface area (Å²) in [5, 5.41) is 20.7. The first kappa shape index (κ1) is 65.0. The van der Waals surface area contributed by atoms with Gasteiger partial charge in [0.05, 0.1) is 79.9 Å². The zero-order valence-electron chi connectivity index (χ0n) is 52.4. The molecule has 7 saturated heterocycles. The topological polar surface area (TPSA) is 160 Å². The highest BCUT2D eigenvalue weighted by Crippen LogP contribution is 2.47. The molecule has 2 N–H and O–H groups in total. The second-order valence-corrected chi connectivity index (χ2v) is 26.4. The Morgan fingerprint density at radius 3 is 0.679 bits per heavy atom. The van der Waals surface area contributed by atoms with Crippen LogP contribution in [-0.4, -0.2) is 140 Å². The van der Waals surface area contributed by atoms with E-state index in [1.165, 1.54) is 0 Å². The van der Waals surface area contributed by atoms with Crippen LogP contribution in [0.5, 0.6) is 0 Å². The van der Waals surface area contributed by atoms with E-state index in [0.717, 1.165) is 38.5 Å². The fourth-order valence-corrected chi connectivity index (χ4v) is 14.5. The van der Waals surface area contributed by atoms with Gasteiger partial charge in [-0.3, -0.25) is 0 Å². The minimum absolute atomic E-state index is 0.0190. The minimum Gasteiger partial charge on any atom is -0.394 e. The molecular formula is C63H114O15. The Morgan fingerprint density at radius 1 is 0.244 bits per heavy atom. The molecule has 0 aromatic carbocycles. The lowest BCUT2D eigenvalue weighted by molar-refractivity contribution is -0.370. The van der Waals surface area contributed by atoms with E-state index in [0.29, 0.717) is 17.8 Å². The first-order valence-electron chi connectivity index (χ1n) is 31.8. The van der Waals surface area contributed by atoms with Gasteiger partial charge in [0.2, 0.25) is 0 Å². The molecule has 7 fully saturated rings. The summed E-state index contributed by atoms with van der Waals surface area (Å²) in [5.74, 6) is 1.95. The van der Waals surface area contributed by atoms with E-state index in [1.54, 1.807) is 0 Å². The molecule has 0 radical (unpaired) electrons. The molecule has 0 aromatic heterocycles. The average molecular weight is 1110 g/mol. The molecule has 7 aliphatic heterocycles. The summed E-state index contributed by atoms with van der Waals surface area (Å²) in [7, 11) is 0.